The van der Waals surface area contributed by atoms with Gasteiger partial charge in [-0.15, -0.1) is 19.2 Å². The lowest BCUT2D eigenvalue weighted by Gasteiger charge is -2.40. The first kappa shape index (κ1) is 16.2. The zero-order valence-corrected chi connectivity index (χ0v) is 13.2. The maximum atomic E-state index is 12.4. The van der Waals surface area contributed by atoms with Crippen LogP contribution in [0.15, 0.2) is 53.2 Å². The van der Waals surface area contributed by atoms with Gasteiger partial charge in [-0.05, 0) is 31.2 Å². The standard InChI is InChI=1S/C16H18N2O3S/c1-3-10-18-15(20)13(14(19)17(4-2)16(18)22)9-5-7-12-8-6-11-21-12/h3,5-9,11,16,22H,1,4,10H2,2H3/b7-5+,13-9-. The molecule has 0 aliphatic carbocycles. The maximum absolute atomic E-state index is 12.4. The van der Waals surface area contributed by atoms with Crippen molar-refractivity contribution in [1.29, 1.82) is 0 Å². The fraction of sp³-hybridized carbons (Fsp3) is 0.250. The average molecular weight is 318 g/mol. The first-order valence-electron chi connectivity index (χ1n) is 6.93. The molecule has 2 amide bonds. The van der Waals surface area contributed by atoms with Gasteiger partial charge in [0.25, 0.3) is 11.8 Å². The van der Waals surface area contributed by atoms with E-state index in [0.717, 1.165) is 0 Å². The summed E-state index contributed by atoms with van der Waals surface area (Å²) < 4.78 is 5.16. The minimum absolute atomic E-state index is 0.108. The summed E-state index contributed by atoms with van der Waals surface area (Å²) in [6.45, 7) is 6.28. The molecule has 116 valence electrons. The summed E-state index contributed by atoms with van der Waals surface area (Å²) in [6, 6.07) is 3.55. The Hall–Kier alpha value is -2.21. The minimum Gasteiger partial charge on any atom is -0.465 e. The third kappa shape index (κ3) is 3.17. The molecular weight excluding hydrogens is 300 g/mol. The largest absolute Gasteiger partial charge is 0.465 e. The van der Waals surface area contributed by atoms with Crippen molar-refractivity contribution in [1.82, 2.24) is 9.80 Å². The summed E-state index contributed by atoms with van der Waals surface area (Å²) in [7, 11) is 0. The molecule has 1 fully saturated rings. The lowest BCUT2D eigenvalue weighted by Crippen LogP contribution is -2.57. The molecule has 0 saturated carbocycles. The van der Waals surface area contributed by atoms with Gasteiger partial charge in [-0.3, -0.25) is 9.59 Å². The molecule has 1 atom stereocenters. The molecule has 1 unspecified atom stereocenters. The Balaban J connectivity index is 2.29. The molecule has 1 aromatic rings. The molecule has 1 aromatic heterocycles. The Morgan fingerprint density at radius 2 is 2.09 bits per heavy atom. The number of likely N-dealkylation sites (N-methyl/N-ethyl adjacent to an activating group) is 1. The topological polar surface area (TPSA) is 53.8 Å². The van der Waals surface area contributed by atoms with Gasteiger partial charge in [0, 0.05) is 13.1 Å². The molecule has 0 radical (unpaired) electrons. The van der Waals surface area contributed by atoms with E-state index < -0.39 is 5.50 Å². The normalized spacial score (nSPS) is 21.2. The summed E-state index contributed by atoms with van der Waals surface area (Å²) >= 11 is 4.37. The predicted octanol–water partition coefficient (Wildman–Crippen LogP) is 2.31. The summed E-state index contributed by atoms with van der Waals surface area (Å²) in [6.07, 6.45) is 7.99. The van der Waals surface area contributed by atoms with Gasteiger partial charge in [0.2, 0.25) is 0 Å². The Kier molecular flexibility index (Phi) is 5.27. The highest BCUT2D eigenvalue weighted by atomic mass is 32.1. The van der Waals surface area contributed by atoms with Crippen molar-refractivity contribution in [2.75, 3.05) is 13.1 Å². The van der Waals surface area contributed by atoms with Crippen LogP contribution in [-0.2, 0) is 9.59 Å². The van der Waals surface area contributed by atoms with E-state index in [-0.39, 0.29) is 17.4 Å². The van der Waals surface area contributed by atoms with Gasteiger partial charge < -0.3 is 14.2 Å². The van der Waals surface area contributed by atoms with Crippen molar-refractivity contribution in [3.05, 3.63) is 54.5 Å². The van der Waals surface area contributed by atoms with Gasteiger partial charge in [-0.1, -0.05) is 12.2 Å². The Morgan fingerprint density at radius 3 is 2.68 bits per heavy atom. The van der Waals surface area contributed by atoms with Crippen molar-refractivity contribution < 1.29 is 14.0 Å². The average Bonchev–Trinajstić information content (AvgIpc) is 3.01. The van der Waals surface area contributed by atoms with Crippen LogP contribution >= 0.6 is 12.6 Å². The monoisotopic (exact) mass is 318 g/mol. The van der Waals surface area contributed by atoms with E-state index in [1.807, 2.05) is 6.92 Å². The van der Waals surface area contributed by atoms with E-state index in [9.17, 15) is 9.59 Å². The van der Waals surface area contributed by atoms with Gasteiger partial charge in [-0.2, -0.15) is 0 Å². The highest BCUT2D eigenvalue weighted by Crippen LogP contribution is 2.23. The number of furan rings is 1. The number of carbonyl (C=O) groups excluding carboxylic acids is 2. The fourth-order valence-corrected chi connectivity index (χ4v) is 2.64. The molecule has 2 rings (SSSR count). The molecule has 1 aliphatic rings. The van der Waals surface area contributed by atoms with E-state index in [0.29, 0.717) is 18.8 Å². The lowest BCUT2D eigenvalue weighted by molar-refractivity contribution is -0.145. The number of hydrogen-bond acceptors (Lipinski definition) is 4. The molecule has 1 saturated heterocycles. The number of allylic oxidation sites excluding steroid dienone is 2. The number of rotatable bonds is 5. The molecular formula is C16H18N2O3S. The second kappa shape index (κ2) is 7.17. The molecule has 0 spiro atoms. The second-order valence-corrected chi connectivity index (χ2v) is 5.10. The summed E-state index contributed by atoms with van der Waals surface area (Å²) in [4.78, 5) is 27.9. The van der Waals surface area contributed by atoms with Crippen LogP contribution in [0, 0.1) is 0 Å². The van der Waals surface area contributed by atoms with Gasteiger partial charge >= 0.3 is 0 Å². The van der Waals surface area contributed by atoms with Crippen LogP contribution in [-0.4, -0.2) is 40.2 Å². The minimum atomic E-state index is -0.575. The third-order valence-electron chi connectivity index (χ3n) is 3.27. The predicted molar refractivity (Wildman–Crippen MR) is 87.9 cm³/mol. The van der Waals surface area contributed by atoms with Crippen LogP contribution < -0.4 is 0 Å². The maximum Gasteiger partial charge on any atom is 0.262 e. The first-order valence-corrected chi connectivity index (χ1v) is 7.44. The second-order valence-electron chi connectivity index (χ2n) is 4.64. The van der Waals surface area contributed by atoms with E-state index >= 15 is 0 Å². The van der Waals surface area contributed by atoms with Gasteiger partial charge in [0.1, 0.15) is 11.3 Å². The summed E-state index contributed by atoms with van der Waals surface area (Å²) in [5.41, 5.74) is -0.467. The number of thiol groups is 1. The molecule has 0 aromatic carbocycles. The smallest absolute Gasteiger partial charge is 0.262 e. The van der Waals surface area contributed by atoms with E-state index in [1.165, 1.54) is 15.9 Å². The molecule has 0 bridgehead atoms. The van der Waals surface area contributed by atoms with Crippen LogP contribution in [0.3, 0.4) is 0 Å². The van der Waals surface area contributed by atoms with Crippen molar-refractivity contribution in [3.8, 4) is 0 Å². The quantitative estimate of drug-likeness (QED) is 0.392. The molecule has 22 heavy (non-hydrogen) atoms. The van der Waals surface area contributed by atoms with Crippen molar-refractivity contribution in [3.63, 3.8) is 0 Å². The molecule has 0 N–H and O–H groups in total. The number of hydrogen-bond donors (Lipinski definition) is 1. The highest BCUT2D eigenvalue weighted by Gasteiger charge is 2.39. The van der Waals surface area contributed by atoms with Gasteiger partial charge in [0.05, 0.1) is 6.26 Å². The van der Waals surface area contributed by atoms with Crippen LogP contribution in [0.4, 0.5) is 0 Å². The number of nitrogens with zero attached hydrogens (tertiary/aromatic N) is 2. The zero-order chi connectivity index (χ0) is 16.1. The molecule has 1 aliphatic heterocycles. The van der Waals surface area contributed by atoms with E-state index in [2.05, 4.69) is 19.2 Å². The van der Waals surface area contributed by atoms with Crippen LogP contribution in [0.2, 0.25) is 0 Å². The Bertz CT molecular complexity index is 619. The Morgan fingerprint density at radius 1 is 1.36 bits per heavy atom. The lowest BCUT2D eigenvalue weighted by atomic mass is 10.1. The van der Waals surface area contributed by atoms with Crippen LogP contribution in [0.25, 0.3) is 6.08 Å². The molecule has 6 heteroatoms. The third-order valence-corrected chi connectivity index (χ3v) is 3.83. The number of carbonyl (C=O) groups is 2. The molecule has 2 heterocycles. The summed E-state index contributed by atoms with van der Waals surface area (Å²) in [5, 5.41) is 0. The molecule has 5 nitrogen and oxygen atoms in total. The number of amides is 2. The van der Waals surface area contributed by atoms with Gasteiger partial charge in [-0.25, -0.2) is 0 Å². The summed E-state index contributed by atoms with van der Waals surface area (Å²) in [5.74, 6) is -0.0227. The highest BCUT2D eigenvalue weighted by molar-refractivity contribution is 7.80. The zero-order valence-electron chi connectivity index (χ0n) is 12.3. The van der Waals surface area contributed by atoms with Crippen molar-refractivity contribution >= 4 is 30.5 Å². The fourth-order valence-electron chi connectivity index (χ4n) is 2.17. The Labute approximate surface area is 135 Å². The van der Waals surface area contributed by atoms with E-state index in [1.54, 1.807) is 36.6 Å². The van der Waals surface area contributed by atoms with Crippen molar-refractivity contribution in [2.45, 2.75) is 12.4 Å². The van der Waals surface area contributed by atoms with Crippen molar-refractivity contribution in [2.24, 2.45) is 0 Å². The van der Waals surface area contributed by atoms with Crippen LogP contribution in [0.5, 0.6) is 0 Å². The SMILES string of the molecule is C=CCN1C(=O)/C(=C\C=C\c2ccco2)C(=O)N(CC)C1S. The first-order chi connectivity index (χ1) is 10.6. The van der Waals surface area contributed by atoms with Crippen LogP contribution in [0.1, 0.15) is 12.7 Å². The van der Waals surface area contributed by atoms with Gasteiger partial charge in [0.15, 0.2) is 5.50 Å². The van der Waals surface area contributed by atoms with E-state index in [4.69, 9.17) is 4.42 Å².